The van der Waals surface area contributed by atoms with E-state index in [0.717, 1.165) is 23.3 Å². The van der Waals surface area contributed by atoms with Crippen LogP contribution in [0.1, 0.15) is 40.2 Å². The standard InChI is InChI=1S/C25H27NO5/c1-4-17-7-9-19(10-8-17)31-16-21-20-15-24(29-3)23(28-2)14-18(20)11-12-26(21)25(27)22-6-5-13-30-22/h5-10,13-15,21H,4,11-12,16H2,1-3H3. The Balaban J connectivity index is 1.67. The van der Waals surface area contributed by atoms with Crippen LogP contribution < -0.4 is 14.2 Å². The van der Waals surface area contributed by atoms with Gasteiger partial charge in [-0.3, -0.25) is 4.79 Å². The van der Waals surface area contributed by atoms with Crippen molar-refractivity contribution >= 4 is 5.91 Å². The first-order valence-corrected chi connectivity index (χ1v) is 10.5. The Labute approximate surface area is 182 Å². The Kier molecular flexibility index (Phi) is 6.16. The predicted molar refractivity (Wildman–Crippen MR) is 117 cm³/mol. The van der Waals surface area contributed by atoms with Gasteiger partial charge in [-0.2, -0.15) is 0 Å². The van der Waals surface area contributed by atoms with Crippen molar-refractivity contribution in [3.63, 3.8) is 0 Å². The van der Waals surface area contributed by atoms with Crippen LogP contribution in [0.5, 0.6) is 17.2 Å². The number of hydrogen-bond acceptors (Lipinski definition) is 5. The van der Waals surface area contributed by atoms with E-state index in [1.807, 2.05) is 29.2 Å². The summed E-state index contributed by atoms with van der Waals surface area (Å²) in [5.41, 5.74) is 3.37. The van der Waals surface area contributed by atoms with Crippen molar-refractivity contribution < 1.29 is 23.4 Å². The van der Waals surface area contributed by atoms with Crippen LogP contribution in [0.2, 0.25) is 0 Å². The number of benzene rings is 2. The summed E-state index contributed by atoms with van der Waals surface area (Å²) in [4.78, 5) is 15.0. The smallest absolute Gasteiger partial charge is 0.290 e. The minimum atomic E-state index is -0.285. The van der Waals surface area contributed by atoms with Gasteiger partial charge >= 0.3 is 0 Å². The number of fused-ring (bicyclic) bond motifs is 1. The molecule has 0 fully saturated rings. The van der Waals surface area contributed by atoms with Gasteiger partial charge in [-0.25, -0.2) is 0 Å². The molecule has 1 aliphatic rings. The minimum absolute atomic E-state index is 0.152. The van der Waals surface area contributed by atoms with Crippen molar-refractivity contribution in [1.82, 2.24) is 4.90 Å². The first-order valence-electron chi connectivity index (χ1n) is 10.5. The summed E-state index contributed by atoms with van der Waals surface area (Å²) in [6.07, 6.45) is 3.20. The van der Waals surface area contributed by atoms with Gasteiger partial charge in [-0.15, -0.1) is 0 Å². The van der Waals surface area contributed by atoms with E-state index in [1.54, 1.807) is 26.4 Å². The zero-order chi connectivity index (χ0) is 21.8. The largest absolute Gasteiger partial charge is 0.493 e. The molecule has 0 saturated heterocycles. The van der Waals surface area contributed by atoms with Crippen LogP contribution in [0.15, 0.2) is 59.2 Å². The average molecular weight is 421 g/mol. The van der Waals surface area contributed by atoms with Gasteiger partial charge in [0.25, 0.3) is 5.91 Å². The third-order valence-electron chi connectivity index (χ3n) is 5.73. The van der Waals surface area contributed by atoms with Crippen LogP contribution in [-0.2, 0) is 12.8 Å². The molecule has 1 amide bonds. The van der Waals surface area contributed by atoms with Crippen LogP contribution >= 0.6 is 0 Å². The Morgan fingerprint density at radius 3 is 2.48 bits per heavy atom. The highest BCUT2D eigenvalue weighted by molar-refractivity contribution is 5.92. The van der Waals surface area contributed by atoms with Gasteiger partial charge in [0.1, 0.15) is 12.4 Å². The Bertz CT molecular complexity index is 1030. The first kappa shape index (κ1) is 20.8. The highest BCUT2D eigenvalue weighted by atomic mass is 16.5. The summed E-state index contributed by atoms with van der Waals surface area (Å²) < 4.78 is 22.5. The maximum Gasteiger partial charge on any atom is 0.290 e. The molecule has 0 spiro atoms. The number of carbonyl (C=O) groups excluding carboxylic acids is 1. The molecule has 31 heavy (non-hydrogen) atoms. The van der Waals surface area contributed by atoms with E-state index in [2.05, 4.69) is 19.1 Å². The summed E-state index contributed by atoms with van der Waals surface area (Å²) in [7, 11) is 3.24. The summed E-state index contributed by atoms with van der Waals surface area (Å²) in [5, 5.41) is 0. The number of aryl methyl sites for hydroxylation is 1. The highest BCUT2D eigenvalue weighted by Gasteiger charge is 2.34. The van der Waals surface area contributed by atoms with Gasteiger partial charge in [0.2, 0.25) is 0 Å². The van der Waals surface area contributed by atoms with E-state index in [1.165, 1.54) is 11.8 Å². The second-order valence-electron chi connectivity index (χ2n) is 7.46. The van der Waals surface area contributed by atoms with Crippen LogP contribution in [0, 0.1) is 0 Å². The summed E-state index contributed by atoms with van der Waals surface area (Å²) >= 11 is 0. The molecule has 162 valence electrons. The molecule has 4 rings (SSSR count). The van der Waals surface area contributed by atoms with E-state index in [-0.39, 0.29) is 11.9 Å². The molecule has 1 aliphatic heterocycles. The Hall–Kier alpha value is -3.41. The van der Waals surface area contributed by atoms with Crippen molar-refractivity contribution in [3.8, 4) is 17.2 Å². The molecule has 1 atom stereocenters. The zero-order valence-electron chi connectivity index (χ0n) is 18.1. The third kappa shape index (κ3) is 4.24. The topological polar surface area (TPSA) is 61.1 Å². The molecule has 2 heterocycles. The molecule has 6 nitrogen and oxygen atoms in total. The molecule has 6 heteroatoms. The van der Waals surface area contributed by atoms with Gasteiger partial charge in [-0.1, -0.05) is 19.1 Å². The lowest BCUT2D eigenvalue weighted by Gasteiger charge is -2.37. The van der Waals surface area contributed by atoms with Crippen LogP contribution in [0.4, 0.5) is 0 Å². The normalized spacial score (nSPS) is 15.3. The van der Waals surface area contributed by atoms with Gasteiger partial charge in [-0.05, 0) is 65.9 Å². The molecule has 0 radical (unpaired) electrons. The average Bonchev–Trinajstić information content (AvgIpc) is 3.36. The number of rotatable bonds is 7. The second-order valence-corrected chi connectivity index (χ2v) is 7.46. The lowest BCUT2D eigenvalue weighted by atomic mass is 9.92. The van der Waals surface area contributed by atoms with Gasteiger partial charge in [0.15, 0.2) is 17.3 Å². The van der Waals surface area contributed by atoms with Crippen molar-refractivity contribution in [3.05, 3.63) is 77.2 Å². The second kappa shape index (κ2) is 9.16. The van der Waals surface area contributed by atoms with Crippen LogP contribution in [-0.4, -0.2) is 38.2 Å². The lowest BCUT2D eigenvalue weighted by Crippen LogP contribution is -2.42. The van der Waals surface area contributed by atoms with Gasteiger partial charge in [0.05, 0.1) is 26.5 Å². The monoisotopic (exact) mass is 421 g/mol. The highest BCUT2D eigenvalue weighted by Crippen LogP contribution is 2.39. The van der Waals surface area contributed by atoms with Crippen molar-refractivity contribution in [2.24, 2.45) is 0 Å². The Morgan fingerprint density at radius 2 is 1.84 bits per heavy atom. The number of methoxy groups -OCH3 is 2. The van der Waals surface area contributed by atoms with Gasteiger partial charge < -0.3 is 23.5 Å². The zero-order valence-corrected chi connectivity index (χ0v) is 18.1. The maximum absolute atomic E-state index is 13.2. The fourth-order valence-corrected chi connectivity index (χ4v) is 3.99. The number of hydrogen-bond donors (Lipinski definition) is 0. The fourth-order valence-electron chi connectivity index (χ4n) is 3.99. The summed E-state index contributed by atoms with van der Waals surface area (Å²) in [6, 6.07) is 15.1. The molecule has 0 N–H and O–H groups in total. The molecular formula is C25H27NO5. The molecule has 2 aromatic carbocycles. The molecule has 0 bridgehead atoms. The fraction of sp³-hybridized carbons (Fsp3) is 0.320. The molecular weight excluding hydrogens is 394 g/mol. The van der Waals surface area contributed by atoms with E-state index in [9.17, 15) is 4.79 Å². The Morgan fingerprint density at radius 1 is 1.10 bits per heavy atom. The third-order valence-corrected chi connectivity index (χ3v) is 5.73. The van der Waals surface area contributed by atoms with Crippen molar-refractivity contribution in [2.75, 3.05) is 27.4 Å². The van der Waals surface area contributed by atoms with E-state index < -0.39 is 0 Å². The first-order chi connectivity index (χ1) is 15.1. The molecule has 3 aromatic rings. The van der Waals surface area contributed by atoms with E-state index in [0.29, 0.717) is 36.8 Å². The van der Waals surface area contributed by atoms with Gasteiger partial charge in [0, 0.05) is 6.54 Å². The van der Waals surface area contributed by atoms with Crippen molar-refractivity contribution in [1.29, 1.82) is 0 Å². The number of furan rings is 1. The summed E-state index contributed by atoms with van der Waals surface area (Å²) in [5.74, 6) is 2.25. The number of ether oxygens (including phenoxy) is 3. The van der Waals surface area contributed by atoms with Crippen LogP contribution in [0.3, 0.4) is 0 Å². The molecule has 1 aromatic heterocycles. The molecule has 0 saturated carbocycles. The number of carbonyl (C=O) groups is 1. The van der Waals surface area contributed by atoms with Crippen LogP contribution in [0.25, 0.3) is 0 Å². The van der Waals surface area contributed by atoms with Crippen molar-refractivity contribution in [2.45, 2.75) is 25.8 Å². The van der Waals surface area contributed by atoms with E-state index >= 15 is 0 Å². The minimum Gasteiger partial charge on any atom is -0.493 e. The number of nitrogens with zero attached hydrogens (tertiary/aromatic N) is 1. The SMILES string of the molecule is CCc1ccc(OCC2c3cc(OC)c(OC)cc3CCN2C(=O)c2ccco2)cc1. The maximum atomic E-state index is 13.2. The quantitative estimate of drug-likeness (QED) is 0.554. The van der Waals surface area contributed by atoms with E-state index in [4.69, 9.17) is 18.6 Å². The lowest BCUT2D eigenvalue weighted by molar-refractivity contribution is 0.0557. The summed E-state index contributed by atoms with van der Waals surface area (Å²) in [6.45, 7) is 3.00. The molecule has 0 aliphatic carbocycles. The number of amides is 1. The predicted octanol–water partition coefficient (Wildman–Crippen LogP) is 4.68. The molecule has 1 unspecified atom stereocenters.